The molecule has 0 aromatic heterocycles. The van der Waals surface area contributed by atoms with E-state index in [-0.39, 0.29) is 18.4 Å². The van der Waals surface area contributed by atoms with Crippen LogP contribution in [-0.2, 0) is 4.79 Å². The molecule has 3 aromatic rings. The molecule has 0 fully saturated rings. The van der Waals surface area contributed by atoms with Crippen molar-refractivity contribution in [3.05, 3.63) is 89.4 Å². The fourth-order valence-corrected chi connectivity index (χ4v) is 2.50. The van der Waals surface area contributed by atoms with Gasteiger partial charge in [-0.25, -0.2) is 0 Å². The molecule has 0 bridgehead atoms. The number of benzene rings is 3. The van der Waals surface area contributed by atoms with Crippen LogP contribution in [0.25, 0.3) is 0 Å². The predicted molar refractivity (Wildman–Crippen MR) is 106 cm³/mol. The van der Waals surface area contributed by atoms with E-state index in [0.29, 0.717) is 27.7 Å². The molecule has 0 atom stereocenters. The smallest absolute Gasteiger partial charge is 0.262 e. The summed E-state index contributed by atoms with van der Waals surface area (Å²) in [5, 5.41) is 6.07. The van der Waals surface area contributed by atoms with Gasteiger partial charge < -0.3 is 15.4 Å². The topological polar surface area (TPSA) is 67.4 Å². The molecule has 0 spiro atoms. The van der Waals surface area contributed by atoms with Crippen molar-refractivity contribution in [3.8, 4) is 5.75 Å². The molecule has 3 rings (SSSR count). The molecule has 0 aliphatic heterocycles. The zero-order valence-corrected chi connectivity index (χ0v) is 15.1. The fraction of sp³-hybridized carbons (Fsp3) is 0.0476. The van der Waals surface area contributed by atoms with Crippen LogP contribution in [0.2, 0.25) is 5.02 Å². The Balaban J connectivity index is 1.65. The molecule has 6 heteroatoms. The normalized spacial score (nSPS) is 10.1. The minimum Gasteiger partial charge on any atom is -0.484 e. The van der Waals surface area contributed by atoms with Crippen molar-refractivity contribution in [1.82, 2.24) is 0 Å². The molecule has 0 heterocycles. The number of hydrogen-bond acceptors (Lipinski definition) is 3. The largest absolute Gasteiger partial charge is 0.484 e. The van der Waals surface area contributed by atoms with Gasteiger partial charge in [0.25, 0.3) is 11.8 Å². The Hall–Kier alpha value is -3.31. The van der Waals surface area contributed by atoms with Gasteiger partial charge in [0, 0.05) is 10.7 Å². The van der Waals surface area contributed by atoms with E-state index in [4.69, 9.17) is 16.3 Å². The van der Waals surface area contributed by atoms with E-state index >= 15 is 0 Å². The Bertz CT molecular complexity index is 928. The monoisotopic (exact) mass is 380 g/mol. The first-order chi connectivity index (χ1) is 13.1. The van der Waals surface area contributed by atoms with Gasteiger partial charge in [-0.1, -0.05) is 41.9 Å². The predicted octanol–water partition coefficient (Wildman–Crippen LogP) is 4.61. The van der Waals surface area contributed by atoms with E-state index in [9.17, 15) is 9.59 Å². The van der Waals surface area contributed by atoms with E-state index in [2.05, 4.69) is 10.6 Å². The lowest BCUT2D eigenvalue weighted by molar-refractivity contribution is -0.118. The number of amides is 2. The summed E-state index contributed by atoms with van der Waals surface area (Å²) < 4.78 is 5.42. The van der Waals surface area contributed by atoms with Crippen LogP contribution in [0, 0.1) is 0 Å². The third kappa shape index (κ3) is 5.33. The molecule has 3 aromatic carbocycles. The van der Waals surface area contributed by atoms with E-state index in [1.54, 1.807) is 60.7 Å². The molecule has 0 aliphatic rings. The third-order valence-electron chi connectivity index (χ3n) is 3.66. The highest BCUT2D eigenvalue weighted by Gasteiger charge is 2.13. The Kier molecular flexibility index (Phi) is 6.07. The van der Waals surface area contributed by atoms with Crippen molar-refractivity contribution in [1.29, 1.82) is 0 Å². The van der Waals surface area contributed by atoms with E-state index < -0.39 is 0 Å². The lowest BCUT2D eigenvalue weighted by atomic mass is 10.1. The van der Waals surface area contributed by atoms with Crippen LogP contribution in [0.15, 0.2) is 78.9 Å². The molecule has 0 aliphatic carbocycles. The number of para-hydroxylation sites is 2. The number of carbonyl (C=O) groups excluding carboxylic acids is 2. The Morgan fingerprint density at radius 2 is 1.48 bits per heavy atom. The maximum absolute atomic E-state index is 12.6. The van der Waals surface area contributed by atoms with Gasteiger partial charge in [-0.15, -0.1) is 0 Å². The second-order valence-electron chi connectivity index (χ2n) is 5.66. The summed E-state index contributed by atoms with van der Waals surface area (Å²) in [6.07, 6.45) is 0. The third-order valence-corrected chi connectivity index (χ3v) is 3.91. The molecule has 0 saturated carbocycles. The van der Waals surface area contributed by atoms with Gasteiger partial charge in [0.1, 0.15) is 5.75 Å². The second-order valence-corrected chi connectivity index (χ2v) is 6.09. The molecule has 0 saturated heterocycles. The minimum absolute atomic E-state index is 0.156. The maximum atomic E-state index is 12.6. The zero-order valence-electron chi connectivity index (χ0n) is 14.3. The highest BCUT2D eigenvalue weighted by molar-refractivity contribution is 6.30. The average Bonchev–Trinajstić information content (AvgIpc) is 2.69. The van der Waals surface area contributed by atoms with Gasteiger partial charge in [0.2, 0.25) is 0 Å². The Morgan fingerprint density at radius 1 is 0.815 bits per heavy atom. The average molecular weight is 381 g/mol. The van der Waals surface area contributed by atoms with Crippen molar-refractivity contribution < 1.29 is 14.3 Å². The van der Waals surface area contributed by atoms with Crippen LogP contribution in [0.1, 0.15) is 10.4 Å². The quantitative estimate of drug-likeness (QED) is 0.656. The van der Waals surface area contributed by atoms with E-state index in [1.807, 2.05) is 18.2 Å². The summed E-state index contributed by atoms with van der Waals surface area (Å²) in [5.74, 6) is -0.0933. The fourth-order valence-electron chi connectivity index (χ4n) is 2.37. The van der Waals surface area contributed by atoms with Gasteiger partial charge in [-0.3, -0.25) is 9.59 Å². The number of carbonyl (C=O) groups is 2. The molecule has 27 heavy (non-hydrogen) atoms. The summed E-state index contributed by atoms with van der Waals surface area (Å²) in [5.41, 5.74) is 1.36. The van der Waals surface area contributed by atoms with Crippen molar-refractivity contribution in [3.63, 3.8) is 0 Å². The Morgan fingerprint density at radius 3 is 2.22 bits per heavy atom. The second kappa shape index (κ2) is 8.87. The highest BCUT2D eigenvalue weighted by Crippen LogP contribution is 2.19. The first-order valence-electron chi connectivity index (χ1n) is 8.25. The van der Waals surface area contributed by atoms with Gasteiger partial charge >= 0.3 is 0 Å². The molecule has 0 radical (unpaired) electrons. The molecule has 0 unspecified atom stereocenters. The maximum Gasteiger partial charge on any atom is 0.262 e. The molecule has 2 N–H and O–H groups in total. The molecule has 2 amide bonds. The number of anilines is 2. The molecule has 136 valence electrons. The van der Waals surface area contributed by atoms with Crippen molar-refractivity contribution in [2.45, 2.75) is 0 Å². The lowest BCUT2D eigenvalue weighted by Crippen LogP contribution is -2.22. The van der Waals surface area contributed by atoms with Crippen LogP contribution in [-0.4, -0.2) is 18.4 Å². The van der Waals surface area contributed by atoms with Crippen LogP contribution in [0.5, 0.6) is 5.75 Å². The number of halogens is 1. The van der Waals surface area contributed by atoms with E-state index in [1.165, 1.54) is 0 Å². The summed E-state index contributed by atoms with van der Waals surface area (Å²) in [6, 6.07) is 22.6. The van der Waals surface area contributed by atoms with Crippen molar-refractivity contribution in [2.75, 3.05) is 17.2 Å². The first-order valence-corrected chi connectivity index (χ1v) is 8.63. The van der Waals surface area contributed by atoms with Crippen LogP contribution in [0.4, 0.5) is 11.4 Å². The SMILES string of the molecule is O=C(COc1ccccc1)Nc1ccccc1C(=O)Nc1ccc(Cl)cc1. The van der Waals surface area contributed by atoms with E-state index in [0.717, 1.165) is 0 Å². The van der Waals surface area contributed by atoms with Gasteiger partial charge in [-0.2, -0.15) is 0 Å². The summed E-state index contributed by atoms with van der Waals surface area (Å²) >= 11 is 5.85. The molecule has 5 nitrogen and oxygen atoms in total. The van der Waals surface area contributed by atoms with Gasteiger partial charge in [0.15, 0.2) is 6.61 Å². The molecular formula is C21H17ClN2O3. The van der Waals surface area contributed by atoms with Crippen LogP contribution < -0.4 is 15.4 Å². The van der Waals surface area contributed by atoms with Crippen molar-refractivity contribution in [2.24, 2.45) is 0 Å². The molecular weight excluding hydrogens is 364 g/mol. The highest BCUT2D eigenvalue weighted by atomic mass is 35.5. The van der Waals surface area contributed by atoms with Crippen LogP contribution in [0.3, 0.4) is 0 Å². The summed E-state index contributed by atoms with van der Waals surface area (Å²) in [7, 11) is 0. The van der Waals surface area contributed by atoms with Gasteiger partial charge in [0.05, 0.1) is 11.3 Å². The minimum atomic E-state index is -0.356. The number of nitrogens with one attached hydrogen (secondary N) is 2. The number of hydrogen-bond donors (Lipinski definition) is 2. The lowest BCUT2D eigenvalue weighted by Gasteiger charge is -2.12. The summed E-state index contributed by atoms with van der Waals surface area (Å²) in [4.78, 5) is 24.7. The first kappa shape index (κ1) is 18.5. The van der Waals surface area contributed by atoms with Crippen molar-refractivity contribution >= 4 is 34.8 Å². The van der Waals surface area contributed by atoms with Crippen LogP contribution >= 0.6 is 11.6 Å². The summed E-state index contributed by atoms with van der Waals surface area (Å²) in [6.45, 7) is -0.156. The number of rotatable bonds is 6. The van der Waals surface area contributed by atoms with Gasteiger partial charge in [-0.05, 0) is 48.5 Å². The number of ether oxygens (including phenoxy) is 1. The Labute approximate surface area is 161 Å². The zero-order chi connectivity index (χ0) is 19.1. The standard InChI is InChI=1S/C21H17ClN2O3/c22-15-10-12-16(13-11-15)23-21(26)18-8-4-5-9-19(18)24-20(25)14-27-17-6-2-1-3-7-17/h1-13H,14H2,(H,23,26)(H,24,25).